The summed E-state index contributed by atoms with van der Waals surface area (Å²) in [5.74, 6) is 2.17. The maximum absolute atomic E-state index is 4.53. The van der Waals surface area contributed by atoms with E-state index in [2.05, 4.69) is 44.3 Å². The molecule has 2 aromatic heterocycles. The molecular weight excluding hydrogens is 258 g/mol. The van der Waals surface area contributed by atoms with Crippen molar-refractivity contribution in [2.45, 2.75) is 52.2 Å². The minimum Gasteiger partial charge on any atom is -0.314 e. The van der Waals surface area contributed by atoms with Gasteiger partial charge in [0.1, 0.15) is 11.6 Å². The van der Waals surface area contributed by atoms with Crippen molar-refractivity contribution >= 4 is 11.3 Å². The Morgan fingerprint density at radius 2 is 2.16 bits per heavy atom. The number of nitrogens with one attached hydrogen (secondary N) is 1. The predicted molar refractivity (Wildman–Crippen MR) is 75.2 cm³/mol. The molecule has 1 aliphatic heterocycles. The topological polar surface area (TPSA) is 55.6 Å². The first kappa shape index (κ1) is 12.7. The number of hydrogen-bond donors (Lipinski definition) is 1. The van der Waals surface area contributed by atoms with Crippen LogP contribution in [0.4, 0.5) is 0 Å². The minimum atomic E-state index is 0.191. The second-order valence-corrected chi connectivity index (χ2v) is 6.19. The van der Waals surface area contributed by atoms with Gasteiger partial charge in [-0.2, -0.15) is 0 Å². The molecule has 0 saturated heterocycles. The Labute approximate surface area is 117 Å². The minimum absolute atomic E-state index is 0.191. The van der Waals surface area contributed by atoms with Crippen LogP contribution in [0.2, 0.25) is 0 Å². The molecule has 1 N–H and O–H groups in total. The van der Waals surface area contributed by atoms with E-state index in [0.717, 1.165) is 35.3 Å². The molecule has 3 rings (SSSR count). The average molecular weight is 277 g/mol. The molecule has 2 unspecified atom stereocenters. The van der Waals surface area contributed by atoms with Crippen LogP contribution >= 0.6 is 11.3 Å². The van der Waals surface area contributed by atoms with Gasteiger partial charge in [-0.05, 0) is 27.2 Å². The van der Waals surface area contributed by atoms with Gasteiger partial charge >= 0.3 is 0 Å². The van der Waals surface area contributed by atoms with E-state index in [4.69, 9.17) is 0 Å². The zero-order valence-corrected chi connectivity index (χ0v) is 12.4. The molecule has 102 valence electrons. The SMILES string of the molecule is Cc1nc(C(C)NC(C)c2nnc3n2CCC3)cs1. The lowest BCUT2D eigenvalue weighted by molar-refractivity contribution is 0.454. The lowest BCUT2D eigenvalue weighted by Crippen LogP contribution is -2.25. The lowest BCUT2D eigenvalue weighted by atomic mass is 10.2. The number of nitrogens with zero attached hydrogens (tertiary/aromatic N) is 4. The summed E-state index contributed by atoms with van der Waals surface area (Å²) in [6.45, 7) is 7.38. The van der Waals surface area contributed by atoms with Gasteiger partial charge in [0.2, 0.25) is 0 Å². The number of rotatable bonds is 4. The first-order valence-electron chi connectivity index (χ1n) is 6.75. The van der Waals surface area contributed by atoms with Gasteiger partial charge in [-0.3, -0.25) is 5.32 Å². The van der Waals surface area contributed by atoms with Crippen LogP contribution < -0.4 is 5.32 Å². The highest BCUT2D eigenvalue weighted by Crippen LogP contribution is 2.22. The summed E-state index contributed by atoms with van der Waals surface area (Å²) < 4.78 is 2.25. The molecule has 0 aliphatic carbocycles. The summed E-state index contributed by atoms with van der Waals surface area (Å²) in [5, 5.41) is 15.4. The van der Waals surface area contributed by atoms with Gasteiger partial charge in [-0.15, -0.1) is 21.5 Å². The van der Waals surface area contributed by atoms with Crippen molar-refractivity contribution in [1.82, 2.24) is 25.1 Å². The maximum atomic E-state index is 4.53. The van der Waals surface area contributed by atoms with E-state index >= 15 is 0 Å². The number of aromatic nitrogens is 4. The van der Waals surface area contributed by atoms with Crippen LogP contribution in [0.1, 0.15) is 54.7 Å². The van der Waals surface area contributed by atoms with Gasteiger partial charge in [0.15, 0.2) is 0 Å². The van der Waals surface area contributed by atoms with Gasteiger partial charge in [0, 0.05) is 24.4 Å². The van der Waals surface area contributed by atoms with Gasteiger partial charge in [0.05, 0.1) is 16.7 Å². The molecule has 3 heterocycles. The number of aryl methyl sites for hydroxylation is 2. The first-order valence-corrected chi connectivity index (χ1v) is 7.63. The van der Waals surface area contributed by atoms with Gasteiger partial charge < -0.3 is 4.57 Å². The summed E-state index contributed by atoms with van der Waals surface area (Å²) in [4.78, 5) is 4.53. The Hall–Kier alpha value is -1.27. The molecule has 1 aliphatic rings. The number of hydrogen-bond acceptors (Lipinski definition) is 5. The van der Waals surface area contributed by atoms with E-state index in [0.29, 0.717) is 0 Å². The lowest BCUT2D eigenvalue weighted by Gasteiger charge is -2.18. The molecule has 5 nitrogen and oxygen atoms in total. The van der Waals surface area contributed by atoms with E-state index in [1.165, 1.54) is 6.42 Å². The second-order valence-electron chi connectivity index (χ2n) is 5.13. The summed E-state index contributed by atoms with van der Waals surface area (Å²) >= 11 is 1.69. The third kappa shape index (κ3) is 2.42. The van der Waals surface area contributed by atoms with E-state index in [9.17, 15) is 0 Å². The van der Waals surface area contributed by atoms with Gasteiger partial charge in [-0.1, -0.05) is 0 Å². The summed E-state index contributed by atoms with van der Waals surface area (Å²) in [5.41, 5.74) is 1.11. The molecule has 0 aromatic carbocycles. The highest BCUT2D eigenvalue weighted by molar-refractivity contribution is 7.09. The van der Waals surface area contributed by atoms with Crippen molar-refractivity contribution in [2.75, 3.05) is 0 Å². The van der Waals surface area contributed by atoms with E-state index in [1.54, 1.807) is 11.3 Å². The van der Waals surface area contributed by atoms with Crippen LogP contribution in [0.15, 0.2) is 5.38 Å². The van der Waals surface area contributed by atoms with E-state index in [-0.39, 0.29) is 12.1 Å². The molecule has 19 heavy (non-hydrogen) atoms. The fourth-order valence-electron chi connectivity index (χ4n) is 2.61. The Morgan fingerprint density at radius 1 is 1.32 bits per heavy atom. The molecule has 0 bridgehead atoms. The molecule has 0 radical (unpaired) electrons. The van der Waals surface area contributed by atoms with Crippen LogP contribution in [0.3, 0.4) is 0 Å². The largest absolute Gasteiger partial charge is 0.314 e. The van der Waals surface area contributed by atoms with Gasteiger partial charge in [-0.25, -0.2) is 4.98 Å². The Bertz CT molecular complexity index is 573. The highest BCUT2D eigenvalue weighted by Gasteiger charge is 2.22. The van der Waals surface area contributed by atoms with Crippen LogP contribution in [-0.4, -0.2) is 19.7 Å². The standard InChI is InChI=1S/C13H19N5S/c1-8(11-7-19-10(3)15-11)14-9(2)13-17-16-12-5-4-6-18(12)13/h7-9,14H,4-6H2,1-3H3. The fourth-order valence-corrected chi connectivity index (χ4v) is 3.31. The number of thiazole rings is 1. The average Bonchev–Trinajstić information content (AvgIpc) is 3.02. The maximum Gasteiger partial charge on any atom is 0.149 e. The van der Waals surface area contributed by atoms with Gasteiger partial charge in [0.25, 0.3) is 0 Å². The Balaban J connectivity index is 1.72. The normalized spacial score (nSPS) is 17.4. The summed E-state index contributed by atoms with van der Waals surface area (Å²) in [6, 6.07) is 0.422. The van der Waals surface area contributed by atoms with Crippen LogP contribution in [0, 0.1) is 6.92 Å². The van der Waals surface area contributed by atoms with Crippen molar-refractivity contribution in [3.05, 3.63) is 27.7 Å². The van der Waals surface area contributed by atoms with Crippen molar-refractivity contribution in [2.24, 2.45) is 0 Å². The van der Waals surface area contributed by atoms with Crippen molar-refractivity contribution in [3.8, 4) is 0 Å². The van der Waals surface area contributed by atoms with Crippen LogP contribution in [-0.2, 0) is 13.0 Å². The first-order chi connectivity index (χ1) is 9.15. The molecule has 0 fully saturated rings. The molecule has 2 atom stereocenters. The van der Waals surface area contributed by atoms with Crippen LogP contribution in [0.5, 0.6) is 0 Å². The Morgan fingerprint density at radius 3 is 2.89 bits per heavy atom. The highest BCUT2D eigenvalue weighted by atomic mass is 32.1. The zero-order chi connectivity index (χ0) is 13.4. The van der Waals surface area contributed by atoms with Crippen molar-refractivity contribution in [3.63, 3.8) is 0 Å². The smallest absolute Gasteiger partial charge is 0.149 e. The predicted octanol–water partition coefficient (Wildman–Crippen LogP) is 2.40. The van der Waals surface area contributed by atoms with Crippen molar-refractivity contribution < 1.29 is 0 Å². The third-order valence-electron chi connectivity index (χ3n) is 3.61. The summed E-state index contributed by atoms with van der Waals surface area (Å²) in [6.07, 6.45) is 2.24. The van der Waals surface area contributed by atoms with Crippen molar-refractivity contribution in [1.29, 1.82) is 0 Å². The fraction of sp³-hybridized carbons (Fsp3) is 0.615. The Kier molecular flexibility index (Phi) is 3.36. The molecule has 0 saturated carbocycles. The molecule has 0 spiro atoms. The zero-order valence-electron chi connectivity index (χ0n) is 11.6. The summed E-state index contributed by atoms with van der Waals surface area (Å²) in [7, 11) is 0. The molecular formula is C13H19N5S. The molecule has 2 aromatic rings. The quantitative estimate of drug-likeness (QED) is 0.932. The molecule has 6 heteroatoms. The monoisotopic (exact) mass is 277 g/mol. The molecule has 0 amide bonds. The van der Waals surface area contributed by atoms with E-state index < -0.39 is 0 Å². The number of fused-ring (bicyclic) bond motifs is 1. The van der Waals surface area contributed by atoms with E-state index in [1.807, 2.05) is 6.92 Å². The van der Waals surface area contributed by atoms with Crippen LogP contribution in [0.25, 0.3) is 0 Å². The third-order valence-corrected chi connectivity index (χ3v) is 4.40. The second kappa shape index (κ2) is 5.02.